The smallest absolute Gasteiger partial charge is 0.258 e. The van der Waals surface area contributed by atoms with E-state index in [1.807, 2.05) is 0 Å². The summed E-state index contributed by atoms with van der Waals surface area (Å²) in [4.78, 5) is 6.21. The number of aromatic amines is 1. The summed E-state index contributed by atoms with van der Waals surface area (Å²) in [6.07, 6.45) is 4.06. The molecule has 0 saturated heterocycles. The van der Waals surface area contributed by atoms with E-state index in [4.69, 9.17) is 0 Å². The van der Waals surface area contributed by atoms with E-state index in [0.717, 1.165) is 0 Å². The number of rotatable bonds is 4. The minimum absolute atomic E-state index is 0.0199. The van der Waals surface area contributed by atoms with Crippen LogP contribution in [0.15, 0.2) is 23.9 Å². The molecule has 0 spiro atoms. The van der Waals surface area contributed by atoms with Crippen molar-refractivity contribution in [3.8, 4) is 0 Å². The van der Waals surface area contributed by atoms with Crippen LogP contribution in [0.25, 0.3) is 0 Å². The highest BCUT2D eigenvalue weighted by Crippen LogP contribution is 2.12. The zero-order valence-electron chi connectivity index (χ0n) is 9.32. The van der Waals surface area contributed by atoms with Gasteiger partial charge in [-0.2, -0.15) is 4.72 Å². The molecule has 0 aromatic carbocycles. The summed E-state index contributed by atoms with van der Waals surface area (Å²) in [5.41, 5.74) is 0. The first kappa shape index (κ1) is 11.7. The molecule has 0 aliphatic rings. The van der Waals surface area contributed by atoms with Gasteiger partial charge in [0, 0.05) is 7.05 Å². The van der Waals surface area contributed by atoms with Crippen LogP contribution in [0.1, 0.15) is 18.8 Å². The molecule has 0 bridgehead atoms. The van der Waals surface area contributed by atoms with E-state index in [2.05, 4.69) is 24.9 Å². The van der Waals surface area contributed by atoms with E-state index < -0.39 is 16.1 Å². The maximum Gasteiger partial charge on any atom is 0.258 e. The van der Waals surface area contributed by atoms with Crippen molar-refractivity contribution in [3.63, 3.8) is 0 Å². The van der Waals surface area contributed by atoms with Crippen molar-refractivity contribution in [2.45, 2.75) is 18.0 Å². The molecule has 2 heterocycles. The highest BCUT2D eigenvalue weighted by molar-refractivity contribution is 7.89. The van der Waals surface area contributed by atoms with Crippen molar-refractivity contribution in [3.05, 3.63) is 24.7 Å². The van der Waals surface area contributed by atoms with E-state index in [1.165, 1.54) is 18.9 Å². The van der Waals surface area contributed by atoms with E-state index in [0.29, 0.717) is 5.82 Å². The van der Waals surface area contributed by atoms with Crippen molar-refractivity contribution in [2.24, 2.45) is 7.05 Å². The lowest BCUT2D eigenvalue weighted by Gasteiger charge is -2.12. The minimum atomic E-state index is -3.61. The van der Waals surface area contributed by atoms with Gasteiger partial charge < -0.3 is 9.55 Å². The highest BCUT2D eigenvalue weighted by atomic mass is 32.2. The van der Waals surface area contributed by atoms with Crippen LogP contribution >= 0.6 is 0 Å². The van der Waals surface area contributed by atoms with Gasteiger partial charge in [0.2, 0.25) is 0 Å². The second-order valence-electron chi connectivity index (χ2n) is 3.56. The monoisotopic (exact) mass is 256 g/mol. The van der Waals surface area contributed by atoms with Gasteiger partial charge in [-0.15, -0.1) is 10.2 Å². The van der Waals surface area contributed by atoms with Gasteiger partial charge in [-0.1, -0.05) is 0 Å². The third kappa shape index (κ3) is 2.34. The van der Waals surface area contributed by atoms with Crippen LogP contribution in [0, 0.1) is 0 Å². The molecule has 0 amide bonds. The van der Waals surface area contributed by atoms with Crippen LogP contribution in [0.2, 0.25) is 0 Å². The minimum Gasteiger partial charge on any atom is -0.335 e. The third-order valence-electron chi connectivity index (χ3n) is 2.23. The Kier molecular flexibility index (Phi) is 2.94. The molecule has 0 saturated carbocycles. The largest absolute Gasteiger partial charge is 0.335 e. The summed E-state index contributed by atoms with van der Waals surface area (Å²) >= 11 is 0. The summed E-state index contributed by atoms with van der Waals surface area (Å²) in [7, 11) is -1.86. The first-order chi connectivity index (χ1) is 8.00. The van der Waals surface area contributed by atoms with Gasteiger partial charge in [0.15, 0.2) is 5.03 Å². The first-order valence-electron chi connectivity index (χ1n) is 4.85. The molecular formula is C8H12N6O2S. The molecule has 8 nitrogen and oxygen atoms in total. The third-order valence-corrected chi connectivity index (χ3v) is 3.69. The number of H-pyrrole nitrogens is 1. The molecule has 1 unspecified atom stereocenters. The Balaban J connectivity index is 2.20. The number of nitrogens with zero attached hydrogens (tertiary/aromatic N) is 4. The molecule has 2 N–H and O–H groups in total. The highest BCUT2D eigenvalue weighted by Gasteiger charge is 2.21. The fraction of sp³-hybridized carbons (Fsp3) is 0.375. The molecule has 0 fully saturated rings. The number of aryl methyl sites for hydroxylation is 1. The van der Waals surface area contributed by atoms with Gasteiger partial charge in [-0.25, -0.2) is 13.4 Å². The zero-order chi connectivity index (χ0) is 12.5. The number of aromatic nitrogens is 5. The molecule has 17 heavy (non-hydrogen) atoms. The average Bonchev–Trinajstić information content (AvgIpc) is 2.85. The predicted molar refractivity (Wildman–Crippen MR) is 58.3 cm³/mol. The molecule has 1 atom stereocenters. The Bertz CT molecular complexity index is 587. The van der Waals surface area contributed by atoms with Crippen LogP contribution in [-0.4, -0.2) is 33.2 Å². The average molecular weight is 256 g/mol. The van der Waals surface area contributed by atoms with Crippen LogP contribution in [0.4, 0.5) is 0 Å². The van der Waals surface area contributed by atoms with Crippen molar-refractivity contribution < 1.29 is 8.42 Å². The molecule has 0 aliphatic heterocycles. The van der Waals surface area contributed by atoms with E-state index in [-0.39, 0.29) is 5.03 Å². The Morgan fingerprint density at radius 2 is 2.29 bits per heavy atom. The van der Waals surface area contributed by atoms with Gasteiger partial charge >= 0.3 is 0 Å². The standard InChI is InChI=1S/C8H12N6O2S/c1-6(8-12-11-5-14(8)2)13-17(15,16)7-3-9-4-10-7/h3-6,13H,1-2H3,(H,9,10). The van der Waals surface area contributed by atoms with Crippen LogP contribution in [0.5, 0.6) is 0 Å². The summed E-state index contributed by atoms with van der Waals surface area (Å²) in [5, 5.41) is 7.55. The van der Waals surface area contributed by atoms with Gasteiger partial charge in [0.25, 0.3) is 10.0 Å². The molecule has 9 heteroatoms. The lowest BCUT2D eigenvalue weighted by atomic mass is 10.3. The van der Waals surface area contributed by atoms with E-state index in [1.54, 1.807) is 18.5 Å². The Morgan fingerprint density at radius 1 is 1.53 bits per heavy atom. The molecule has 2 aromatic heterocycles. The van der Waals surface area contributed by atoms with Gasteiger partial charge in [-0.3, -0.25) is 0 Å². The van der Waals surface area contributed by atoms with Crippen molar-refractivity contribution in [2.75, 3.05) is 0 Å². The summed E-state index contributed by atoms with van der Waals surface area (Å²) in [5.74, 6) is 0.535. The van der Waals surface area contributed by atoms with Crippen molar-refractivity contribution in [1.29, 1.82) is 0 Å². The SMILES string of the molecule is CC(NS(=O)(=O)c1cnc[nH]1)c1nncn1C. The van der Waals surface area contributed by atoms with E-state index >= 15 is 0 Å². The second kappa shape index (κ2) is 4.26. The normalized spacial score (nSPS) is 13.8. The maximum absolute atomic E-state index is 11.9. The number of sulfonamides is 1. The summed E-state index contributed by atoms with van der Waals surface area (Å²) < 4.78 is 27.9. The number of imidazole rings is 1. The maximum atomic E-state index is 11.9. The topological polar surface area (TPSA) is 106 Å². The summed E-state index contributed by atoms with van der Waals surface area (Å²) in [6.45, 7) is 1.69. The van der Waals surface area contributed by atoms with Gasteiger partial charge in [0.05, 0.1) is 18.6 Å². The Labute approximate surface area is 98.1 Å². The van der Waals surface area contributed by atoms with Gasteiger partial charge in [0.1, 0.15) is 12.2 Å². The second-order valence-corrected chi connectivity index (χ2v) is 5.24. The van der Waals surface area contributed by atoms with Crippen molar-refractivity contribution >= 4 is 10.0 Å². The fourth-order valence-electron chi connectivity index (χ4n) is 1.42. The Morgan fingerprint density at radius 3 is 2.82 bits per heavy atom. The molecular weight excluding hydrogens is 244 g/mol. The van der Waals surface area contributed by atoms with E-state index in [9.17, 15) is 8.42 Å². The van der Waals surface area contributed by atoms with Crippen LogP contribution in [0.3, 0.4) is 0 Å². The summed E-state index contributed by atoms with van der Waals surface area (Å²) in [6, 6.07) is -0.476. The molecule has 0 aliphatic carbocycles. The first-order valence-corrected chi connectivity index (χ1v) is 6.33. The number of hydrogen-bond donors (Lipinski definition) is 2. The lowest BCUT2D eigenvalue weighted by molar-refractivity contribution is 0.550. The Hall–Kier alpha value is -1.74. The fourth-order valence-corrected chi connectivity index (χ4v) is 2.53. The van der Waals surface area contributed by atoms with Crippen LogP contribution in [-0.2, 0) is 17.1 Å². The number of hydrogen-bond acceptors (Lipinski definition) is 5. The van der Waals surface area contributed by atoms with Gasteiger partial charge in [-0.05, 0) is 6.92 Å². The molecule has 92 valence electrons. The predicted octanol–water partition coefficient (Wildman–Crippen LogP) is -0.422. The quantitative estimate of drug-likeness (QED) is 0.772. The number of nitrogens with one attached hydrogen (secondary N) is 2. The lowest BCUT2D eigenvalue weighted by Crippen LogP contribution is -2.28. The molecule has 0 radical (unpaired) electrons. The molecule has 2 aromatic rings. The van der Waals surface area contributed by atoms with Crippen LogP contribution < -0.4 is 4.72 Å². The van der Waals surface area contributed by atoms with Crippen molar-refractivity contribution in [1.82, 2.24) is 29.5 Å². The zero-order valence-corrected chi connectivity index (χ0v) is 10.1. The molecule has 2 rings (SSSR count).